The van der Waals surface area contributed by atoms with Crippen LogP contribution in [0.4, 0.5) is 0 Å². The molecule has 0 bridgehead atoms. The van der Waals surface area contributed by atoms with E-state index in [2.05, 4.69) is 15.5 Å². The lowest BCUT2D eigenvalue weighted by Crippen LogP contribution is -2.19. The fraction of sp³-hybridized carbons (Fsp3) is 0.143. The summed E-state index contributed by atoms with van der Waals surface area (Å²) >= 11 is 1.43. The number of aromatic nitrogens is 1. The summed E-state index contributed by atoms with van der Waals surface area (Å²) in [6, 6.07) is 14.7. The van der Waals surface area contributed by atoms with Crippen molar-refractivity contribution in [1.82, 2.24) is 10.4 Å². The molecule has 0 unspecified atom stereocenters. The third-order valence-electron chi connectivity index (χ3n) is 3.78. The Bertz CT molecular complexity index is 1030. The Morgan fingerprint density at radius 1 is 1.17 bits per heavy atom. The summed E-state index contributed by atoms with van der Waals surface area (Å²) in [5, 5.41) is 6.60. The number of methoxy groups -OCH3 is 1. The molecule has 0 aliphatic heterocycles. The van der Waals surface area contributed by atoms with Crippen LogP contribution in [0, 0.1) is 0 Å². The topological polar surface area (TPSA) is 89.9 Å². The zero-order valence-corrected chi connectivity index (χ0v) is 16.7. The van der Waals surface area contributed by atoms with Gasteiger partial charge in [0.05, 0.1) is 25.4 Å². The molecule has 0 atom stereocenters. The fourth-order valence-electron chi connectivity index (χ4n) is 2.49. The molecular formula is C21H19N3O4S. The Balaban J connectivity index is 1.57. The molecule has 1 heterocycles. The van der Waals surface area contributed by atoms with Gasteiger partial charge in [-0.05, 0) is 23.8 Å². The van der Waals surface area contributed by atoms with Crippen molar-refractivity contribution in [1.29, 1.82) is 0 Å². The molecule has 1 amide bonds. The lowest BCUT2D eigenvalue weighted by atomic mass is 10.2. The van der Waals surface area contributed by atoms with Gasteiger partial charge in [-0.1, -0.05) is 30.3 Å². The van der Waals surface area contributed by atoms with E-state index in [1.54, 1.807) is 18.2 Å². The molecule has 29 heavy (non-hydrogen) atoms. The summed E-state index contributed by atoms with van der Waals surface area (Å²) < 4.78 is 10.2. The first-order valence-corrected chi connectivity index (χ1v) is 9.61. The number of esters is 1. The number of thiazole rings is 1. The lowest BCUT2D eigenvalue weighted by Gasteiger charge is -2.08. The predicted molar refractivity (Wildman–Crippen MR) is 111 cm³/mol. The second kappa shape index (κ2) is 9.61. The van der Waals surface area contributed by atoms with Gasteiger partial charge in [-0.15, -0.1) is 11.3 Å². The molecule has 0 fully saturated rings. The van der Waals surface area contributed by atoms with Crippen LogP contribution in [0.15, 0.2) is 59.0 Å². The Morgan fingerprint density at radius 3 is 2.69 bits per heavy atom. The molecular weight excluding hydrogens is 390 g/mol. The van der Waals surface area contributed by atoms with E-state index in [0.717, 1.165) is 11.3 Å². The van der Waals surface area contributed by atoms with Crippen molar-refractivity contribution >= 4 is 29.4 Å². The minimum absolute atomic E-state index is 0.142. The third kappa shape index (κ3) is 5.73. The van der Waals surface area contributed by atoms with Crippen LogP contribution >= 0.6 is 11.3 Å². The van der Waals surface area contributed by atoms with Crippen molar-refractivity contribution < 1.29 is 19.1 Å². The Labute approximate surface area is 172 Å². The number of hydrogen-bond donors (Lipinski definition) is 1. The minimum atomic E-state index is -0.436. The number of hydrazone groups is 1. The molecule has 0 radical (unpaired) electrons. The highest BCUT2D eigenvalue weighted by Crippen LogP contribution is 2.27. The monoisotopic (exact) mass is 409 g/mol. The Morgan fingerprint density at radius 2 is 1.97 bits per heavy atom. The smallest absolute Gasteiger partial charge is 0.308 e. The van der Waals surface area contributed by atoms with E-state index in [4.69, 9.17) is 9.47 Å². The van der Waals surface area contributed by atoms with Crippen molar-refractivity contribution in [3.8, 4) is 22.8 Å². The van der Waals surface area contributed by atoms with E-state index in [1.165, 1.54) is 31.6 Å². The summed E-state index contributed by atoms with van der Waals surface area (Å²) in [6.07, 6.45) is 1.62. The SMILES string of the molecule is COc1cc(/C=N\NC(=O)Cc2nc(-c3ccccc3)cs2)ccc1OC(C)=O. The number of amides is 1. The highest BCUT2D eigenvalue weighted by Gasteiger charge is 2.09. The number of rotatable bonds is 7. The summed E-state index contributed by atoms with van der Waals surface area (Å²) in [6.45, 7) is 1.32. The average Bonchev–Trinajstić information content (AvgIpc) is 3.17. The van der Waals surface area contributed by atoms with Gasteiger partial charge in [-0.25, -0.2) is 10.4 Å². The van der Waals surface area contributed by atoms with Gasteiger partial charge in [0.15, 0.2) is 11.5 Å². The third-order valence-corrected chi connectivity index (χ3v) is 4.63. The van der Waals surface area contributed by atoms with Gasteiger partial charge in [0.1, 0.15) is 5.01 Å². The summed E-state index contributed by atoms with van der Waals surface area (Å²) in [5.41, 5.74) is 5.03. The summed E-state index contributed by atoms with van der Waals surface area (Å²) in [7, 11) is 1.47. The second-order valence-electron chi connectivity index (χ2n) is 5.97. The molecule has 1 N–H and O–H groups in total. The van der Waals surface area contributed by atoms with Crippen LogP contribution in [0.25, 0.3) is 11.3 Å². The van der Waals surface area contributed by atoms with E-state index >= 15 is 0 Å². The molecule has 2 aromatic carbocycles. The van der Waals surface area contributed by atoms with Crippen LogP contribution in [0.3, 0.4) is 0 Å². The molecule has 8 heteroatoms. The highest BCUT2D eigenvalue weighted by atomic mass is 32.1. The minimum Gasteiger partial charge on any atom is -0.493 e. The largest absolute Gasteiger partial charge is 0.493 e. The molecule has 3 rings (SSSR count). The van der Waals surface area contributed by atoms with Crippen LogP contribution < -0.4 is 14.9 Å². The van der Waals surface area contributed by atoms with Crippen molar-refractivity contribution in [2.45, 2.75) is 13.3 Å². The number of carbonyl (C=O) groups excluding carboxylic acids is 2. The van der Waals surface area contributed by atoms with Crippen molar-refractivity contribution in [3.63, 3.8) is 0 Å². The van der Waals surface area contributed by atoms with E-state index in [0.29, 0.717) is 22.1 Å². The Hall–Kier alpha value is -3.52. The van der Waals surface area contributed by atoms with E-state index < -0.39 is 5.97 Å². The van der Waals surface area contributed by atoms with Crippen LogP contribution in [0.2, 0.25) is 0 Å². The molecule has 7 nitrogen and oxygen atoms in total. The maximum atomic E-state index is 12.1. The van der Waals surface area contributed by atoms with Gasteiger partial charge in [0.2, 0.25) is 5.91 Å². The molecule has 0 saturated carbocycles. The first-order valence-electron chi connectivity index (χ1n) is 8.73. The Kier molecular flexibility index (Phi) is 6.70. The molecule has 0 spiro atoms. The number of carbonyl (C=O) groups is 2. The van der Waals surface area contributed by atoms with E-state index in [-0.39, 0.29) is 12.3 Å². The molecule has 148 valence electrons. The molecule has 0 aliphatic rings. The van der Waals surface area contributed by atoms with Gasteiger partial charge in [0.25, 0.3) is 0 Å². The van der Waals surface area contributed by atoms with Crippen LogP contribution in [-0.2, 0) is 16.0 Å². The number of nitrogens with one attached hydrogen (secondary N) is 1. The normalized spacial score (nSPS) is 10.7. The maximum absolute atomic E-state index is 12.1. The molecule has 3 aromatic rings. The zero-order chi connectivity index (χ0) is 20.6. The summed E-state index contributed by atoms with van der Waals surface area (Å²) in [5.74, 6) is 0.0131. The molecule has 0 saturated heterocycles. The van der Waals surface area contributed by atoms with E-state index in [1.807, 2.05) is 35.7 Å². The standard InChI is InChI=1S/C21H19N3O4S/c1-14(25)28-18-9-8-15(10-19(18)27-2)12-22-24-20(26)11-21-23-17(13-29-21)16-6-4-3-5-7-16/h3-10,12-13H,11H2,1-2H3,(H,24,26)/b22-12-. The first-order chi connectivity index (χ1) is 14.0. The van der Waals surface area contributed by atoms with Crippen molar-refractivity contribution in [2.75, 3.05) is 7.11 Å². The number of hydrogen-bond acceptors (Lipinski definition) is 7. The van der Waals surface area contributed by atoms with Gasteiger partial charge in [-0.2, -0.15) is 5.10 Å². The van der Waals surface area contributed by atoms with Crippen LogP contribution in [-0.4, -0.2) is 30.2 Å². The second-order valence-corrected chi connectivity index (χ2v) is 6.91. The van der Waals surface area contributed by atoms with Crippen LogP contribution in [0.5, 0.6) is 11.5 Å². The van der Waals surface area contributed by atoms with Gasteiger partial charge in [0, 0.05) is 17.9 Å². The molecule has 0 aliphatic carbocycles. The summed E-state index contributed by atoms with van der Waals surface area (Å²) in [4.78, 5) is 27.7. The zero-order valence-electron chi connectivity index (χ0n) is 15.9. The van der Waals surface area contributed by atoms with Crippen LogP contribution in [0.1, 0.15) is 17.5 Å². The van der Waals surface area contributed by atoms with Crippen molar-refractivity contribution in [3.05, 3.63) is 64.5 Å². The van der Waals surface area contributed by atoms with Gasteiger partial charge < -0.3 is 9.47 Å². The lowest BCUT2D eigenvalue weighted by molar-refractivity contribution is -0.132. The maximum Gasteiger partial charge on any atom is 0.308 e. The van der Waals surface area contributed by atoms with Gasteiger partial charge in [-0.3, -0.25) is 9.59 Å². The van der Waals surface area contributed by atoms with Crippen molar-refractivity contribution in [2.24, 2.45) is 5.10 Å². The van der Waals surface area contributed by atoms with E-state index in [9.17, 15) is 9.59 Å². The average molecular weight is 409 g/mol. The number of benzene rings is 2. The quantitative estimate of drug-likeness (QED) is 0.279. The number of ether oxygens (including phenoxy) is 2. The molecule has 1 aromatic heterocycles. The predicted octanol–water partition coefficient (Wildman–Crippen LogP) is 3.44. The first kappa shape index (κ1) is 20.2. The highest BCUT2D eigenvalue weighted by molar-refractivity contribution is 7.10. The number of nitrogens with zero attached hydrogens (tertiary/aromatic N) is 2. The van der Waals surface area contributed by atoms with Gasteiger partial charge >= 0.3 is 5.97 Å². The fourth-order valence-corrected chi connectivity index (χ4v) is 3.29.